The first-order valence-corrected chi connectivity index (χ1v) is 40.8. The van der Waals surface area contributed by atoms with Crippen LogP contribution in [-0.2, 0) is 55.8 Å². The predicted octanol–water partition coefficient (Wildman–Crippen LogP) is 21.8. The van der Waals surface area contributed by atoms with Gasteiger partial charge in [-0.3, -0.25) is 32.5 Å². The van der Waals surface area contributed by atoms with Crippen molar-refractivity contribution in [1.82, 2.24) is 0 Å². The van der Waals surface area contributed by atoms with Crippen LogP contribution in [0.25, 0.3) is 0 Å². The fourth-order valence-electron chi connectivity index (χ4n) is 9.88. The largest absolute Gasteiger partial charge is 0.472 e. The van der Waals surface area contributed by atoms with Gasteiger partial charge in [-0.25, -0.2) is 9.13 Å². The second-order valence-electron chi connectivity index (χ2n) is 25.1. The molecule has 16 nitrogen and oxygen atoms in total. The van der Waals surface area contributed by atoms with Crippen LogP contribution in [0.1, 0.15) is 303 Å². The zero-order chi connectivity index (χ0) is 70.9. The highest BCUT2D eigenvalue weighted by Crippen LogP contribution is 2.45. The van der Waals surface area contributed by atoms with E-state index < -0.39 is 91.5 Å². The van der Waals surface area contributed by atoms with E-state index in [0.29, 0.717) is 19.3 Å². The first-order chi connectivity index (χ1) is 47.2. The lowest BCUT2D eigenvalue weighted by Crippen LogP contribution is -2.30. The predicted molar refractivity (Wildman–Crippen MR) is 399 cm³/mol. The number of allylic oxidation sites excluding steroid dienone is 20. The van der Waals surface area contributed by atoms with Crippen LogP contribution in [0.2, 0.25) is 0 Å². The summed E-state index contributed by atoms with van der Waals surface area (Å²) in [5.41, 5.74) is 0. The van der Waals surface area contributed by atoms with E-state index in [2.05, 4.69) is 142 Å². The van der Waals surface area contributed by atoms with E-state index in [-0.39, 0.29) is 19.3 Å². The second-order valence-corrected chi connectivity index (χ2v) is 28.0. The normalized spacial score (nSPS) is 14.8. The molecule has 558 valence electrons. The number of carbonyl (C=O) groups excluding carboxylic acids is 3. The molecular formula is C79H136O16P2. The Kier molecular flexibility index (Phi) is 68.8. The average Bonchev–Trinajstić information content (AvgIpc) is 1.64. The Morgan fingerprint density at radius 3 is 0.907 bits per heavy atom. The van der Waals surface area contributed by atoms with Gasteiger partial charge in [0.1, 0.15) is 25.4 Å². The Morgan fingerprint density at radius 2 is 0.567 bits per heavy atom. The van der Waals surface area contributed by atoms with Crippen LogP contribution >= 0.6 is 15.6 Å². The van der Waals surface area contributed by atoms with Gasteiger partial charge in [-0.2, -0.15) is 0 Å². The number of unbranched alkanes of at least 4 members (excludes halogenated alkanes) is 28. The van der Waals surface area contributed by atoms with Crippen molar-refractivity contribution < 1.29 is 75.8 Å². The number of rotatable bonds is 71. The summed E-state index contributed by atoms with van der Waals surface area (Å²) in [7, 11) is -9.79. The molecule has 0 aliphatic heterocycles. The van der Waals surface area contributed by atoms with Gasteiger partial charge in [0.2, 0.25) is 0 Å². The topological polar surface area (TPSA) is 231 Å². The number of hydrogen-bond acceptors (Lipinski definition) is 14. The molecular weight excluding hydrogens is 1270 g/mol. The molecule has 4 N–H and O–H groups in total. The van der Waals surface area contributed by atoms with Crippen LogP contribution in [0.15, 0.2) is 122 Å². The minimum atomic E-state index is -4.93. The Bertz CT molecular complexity index is 2250. The summed E-state index contributed by atoms with van der Waals surface area (Å²) in [6.07, 6.45) is 84.0. The fourth-order valence-corrected chi connectivity index (χ4v) is 11.5. The van der Waals surface area contributed by atoms with E-state index in [1.165, 1.54) is 77.0 Å². The third-order valence-electron chi connectivity index (χ3n) is 15.6. The molecule has 0 spiro atoms. The summed E-state index contributed by atoms with van der Waals surface area (Å²) in [5.74, 6) is -1.60. The van der Waals surface area contributed by atoms with Crippen molar-refractivity contribution in [3.05, 3.63) is 122 Å². The van der Waals surface area contributed by atoms with Crippen LogP contribution in [0.3, 0.4) is 0 Å². The number of hydrogen-bond donors (Lipinski definition) is 4. The second kappa shape index (κ2) is 71.8. The van der Waals surface area contributed by atoms with Gasteiger partial charge in [-0.1, -0.05) is 277 Å². The van der Waals surface area contributed by atoms with Crippen molar-refractivity contribution in [2.24, 2.45) is 0 Å². The van der Waals surface area contributed by atoms with Crippen molar-refractivity contribution in [3.63, 3.8) is 0 Å². The van der Waals surface area contributed by atoms with E-state index in [1.54, 1.807) is 0 Å². The van der Waals surface area contributed by atoms with E-state index in [0.717, 1.165) is 167 Å². The van der Waals surface area contributed by atoms with Crippen LogP contribution < -0.4 is 0 Å². The van der Waals surface area contributed by atoms with Crippen molar-refractivity contribution in [2.45, 2.75) is 322 Å². The highest BCUT2D eigenvalue weighted by atomic mass is 31.2. The van der Waals surface area contributed by atoms with Crippen LogP contribution in [0.5, 0.6) is 0 Å². The summed E-state index contributed by atoms with van der Waals surface area (Å²) in [4.78, 5) is 58.5. The molecule has 0 aliphatic carbocycles. The van der Waals surface area contributed by atoms with Crippen molar-refractivity contribution in [3.8, 4) is 0 Å². The van der Waals surface area contributed by atoms with Gasteiger partial charge in [0.15, 0.2) is 6.10 Å². The number of esters is 3. The molecule has 0 aromatic carbocycles. The molecule has 0 rings (SSSR count). The summed E-state index contributed by atoms with van der Waals surface area (Å²) in [6, 6.07) is 0. The fraction of sp³-hybridized carbons (Fsp3) is 0.709. The molecule has 97 heavy (non-hydrogen) atoms. The molecule has 0 bridgehead atoms. The first kappa shape index (κ1) is 93.0. The van der Waals surface area contributed by atoms with Crippen molar-refractivity contribution in [2.75, 3.05) is 39.6 Å². The molecule has 0 aromatic heterocycles. The van der Waals surface area contributed by atoms with Gasteiger partial charge in [0.05, 0.1) is 26.4 Å². The summed E-state index contributed by atoms with van der Waals surface area (Å²) >= 11 is 0. The Balaban J connectivity index is 4.49. The number of ether oxygens (including phenoxy) is 3. The van der Waals surface area contributed by atoms with Crippen molar-refractivity contribution in [1.29, 1.82) is 0 Å². The van der Waals surface area contributed by atoms with Crippen LogP contribution in [-0.4, -0.2) is 95.9 Å². The van der Waals surface area contributed by atoms with Gasteiger partial charge >= 0.3 is 33.6 Å². The molecule has 0 heterocycles. The Hall–Kier alpha value is -4.05. The van der Waals surface area contributed by atoms with Gasteiger partial charge in [0.25, 0.3) is 0 Å². The zero-order valence-corrected chi connectivity index (χ0v) is 62.5. The Labute approximate surface area is 589 Å². The van der Waals surface area contributed by atoms with E-state index in [1.807, 2.05) is 0 Å². The number of phosphoric ester groups is 2. The van der Waals surface area contributed by atoms with Gasteiger partial charge in [-0.15, -0.1) is 0 Å². The number of aliphatic hydroxyl groups excluding tert-OH is 2. The minimum absolute atomic E-state index is 0.0839. The van der Waals surface area contributed by atoms with Crippen LogP contribution in [0.4, 0.5) is 0 Å². The van der Waals surface area contributed by atoms with Gasteiger partial charge < -0.3 is 34.2 Å². The highest BCUT2D eigenvalue weighted by Gasteiger charge is 2.29. The number of phosphoric acid groups is 2. The third-order valence-corrected chi connectivity index (χ3v) is 17.5. The molecule has 0 fully saturated rings. The molecule has 0 amide bonds. The number of carbonyl (C=O) groups is 3. The maximum atomic E-state index is 12.9. The quantitative estimate of drug-likeness (QED) is 0.0146. The molecule has 5 unspecified atom stereocenters. The van der Waals surface area contributed by atoms with Crippen LogP contribution in [0, 0.1) is 0 Å². The maximum absolute atomic E-state index is 12.9. The minimum Gasteiger partial charge on any atom is -0.463 e. The monoisotopic (exact) mass is 1400 g/mol. The zero-order valence-electron chi connectivity index (χ0n) is 60.7. The smallest absolute Gasteiger partial charge is 0.463 e. The van der Waals surface area contributed by atoms with E-state index >= 15 is 0 Å². The highest BCUT2D eigenvalue weighted by molar-refractivity contribution is 7.47. The van der Waals surface area contributed by atoms with Gasteiger partial charge in [0, 0.05) is 19.3 Å². The summed E-state index contributed by atoms with van der Waals surface area (Å²) < 4.78 is 61.0. The van der Waals surface area contributed by atoms with E-state index in [4.69, 9.17) is 32.3 Å². The summed E-state index contributed by atoms with van der Waals surface area (Å²) in [5, 5.41) is 20.6. The van der Waals surface area contributed by atoms with Crippen molar-refractivity contribution >= 4 is 33.6 Å². The number of aliphatic hydroxyl groups is 2. The molecule has 18 heteroatoms. The lowest BCUT2D eigenvalue weighted by molar-refractivity contribution is -0.161. The maximum Gasteiger partial charge on any atom is 0.472 e. The molecule has 0 radical (unpaired) electrons. The lowest BCUT2D eigenvalue weighted by atomic mass is 10.0. The SMILES string of the molecule is CC/C=C\C/C=C\C/C=C\C/C=C\C/C=C\CCCCCCCCCCCCCCCC(=O)OCC(O)COP(=O)(O)OCC(O)COP(=O)(O)OCC(COC(=O)CCCCCCCC/C=C\C/C=C\C/C=C\CCCCC)OC(=O)CCCCCCC/C=C\C/C=C\CCC. The average molecular weight is 1400 g/mol. The molecule has 0 aromatic rings. The molecule has 0 saturated heterocycles. The Morgan fingerprint density at radius 1 is 0.299 bits per heavy atom. The van der Waals surface area contributed by atoms with Gasteiger partial charge in [-0.05, 0) is 128 Å². The standard InChI is InChI=1S/C79H136O16P2/c1-4-7-10-13-16-19-22-25-27-29-31-32-33-34-35-36-37-38-39-40-42-44-45-48-50-53-56-59-62-65-77(82)89-68-74(80)69-91-96(85,86)92-70-75(81)71-93-97(87,88)94-73-76(95-79(84)67-64-61-58-55-52-47-24-21-18-15-12-9-6-3)72-90-78(83)66-63-60-57-54-51-49-46-43-41-30-28-26-23-20-17-14-11-8-5-2/h7,10,12,15-17,19-21,24-28,31-32,34-35,41,43,74-76,80-81H,4-6,8-9,11,13-14,18,22-23,29-30,33,36-40,42,44-73H2,1-3H3,(H,85,86)(H,87,88)/b10-7-,15-12-,19-16-,20-17-,24-21-,27-25-,28-26-,32-31-,35-34-,43-41-. The molecule has 5 atom stereocenters. The molecule has 0 saturated carbocycles. The lowest BCUT2D eigenvalue weighted by Gasteiger charge is -2.21. The first-order valence-electron chi connectivity index (χ1n) is 37.8. The summed E-state index contributed by atoms with van der Waals surface area (Å²) in [6.45, 7) is 2.44. The van der Waals surface area contributed by atoms with E-state index in [9.17, 15) is 43.5 Å². The third kappa shape index (κ3) is 73.0. The molecule has 0 aliphatic rings.